The first-order chi connectivity index (χ1) is 12.7. The molecule has 2 aromatic carbocycles. The third kappa shape index (κ3) is 3.40. The van der Waals surface area contributed by atoms with Gasteiger partial charge in [-0.2, -0.15) is 0 Å². The number of hydrogen-bond acceptors (Lipinski definition) is 3. The maximum atomic E-state index is 10.8. The molecule has 2 heterocycles. The average Bonchev–Trinajstić information content (AvgIpc) is 2.69. The Morgan fingerprint density at radius 2 is 1.85 bits per heavy atom. The molecule has 1 aliphatic rings. The number of fused-ring (bicyclic) bond motifs is 1. The standard InChI is InChI=1S/C22H22N2O2/c1-16-3-2-4-22-21(16)13-18(14-23-22)17-5-7-19(8-6-17)26-20-9-11-24(15-25)12-10-20/h2-8,13-15,20H,9-12H2,1H3. The van der Waals surface area contributed by atoms with Gasteiger partial charge in [0.2, 0.25) is 6.41 Å². The number of pyridine rings is 1. The Balaban J connectivity index is 1.49. The Morgan fingerprint density at radius 1 is 1.08 bits per heavy atom. The SMILES string of the molecule is Cc1cccc2ncc(-c3ccc(OC4CCN(C=O)CC4)cc3)cc12. The zero-order valence-electron chi connectivity index (χ0n) is 14.9. The quantitative estimate of drug-likeness (QED) is 0.665. The van der Waals surface area contributed by atoms with E-state index >= 15 is 0 Å². The number of nitrogens with zero attached hydrogens (tertiary/aromatic N) is 2. The zero-order chi connectivity index (χ0) is 17.9. The van der Waals surface area contributed by atoms with Crippen molar-refractivity contribution in [2.75, 3.05) is 13.1 Å². The zero-order valence-corrected chi connectivity index (χ0v) is 14.9. The van der Waals surface area contributed by atoms with Crippen LogP contribution in [0.15, 0.2) is 54.7 Å². The summed E-state index contributed by atoms with van der Waals surface area (Å²) in [6.07, 6.45) is 4.79. The molecule has 0 radical (unpaired) electrons. The smallest absolute Gasteiger partial charge is 0.209 e. The van der Waals surface area contributed by atoms with Gasteiger partial charge in [0.05, 0.1) is 5.52 Å². The van der Waals surface area contributed by atoms with Crippen molar-refractivity contribution in [1.82, 2.24) is 9.88 Å². The fourth-order valence-electron chi connectivity index (χ4n) is 3.47. The Labute approximate surface area is 153 Å². The van der Waals surface area contributed by atoms with Gasteiger partial charge in [0.1, 0.15) is 11.9 Å². The van der Waals surface area contributed by atoms with E-state index in [4.69, 9.17) is 4.74 Å². The van der Waals surface area contributed by atoms with Crippen molar-refractivity contribution in [3.63, 3.8) is 0 Å². The lowest BCUT2D eigenvalue weighted by atomic mass is 10.0. The minimum absolute atomic E-state index is 0.182. The van der Waals surface area contributed by atoms with Crippen molar-refractivity contribution in [1.29, 1.82) is 0 Å². The molecule has 4 heteroatoms. The number of carbonyl (C=O) groups excluding carboxylic acids is 1. The molecule has 1 fully saturated rings. The molecule has 0 saturated carbocycles. The van der Waals surface area contributed by atoms with Gasteiger partial charge in [-0.15, -0.1) is 0 Å². The number of likely N-dealkylation sites (tertiary alicyclic amines) is 1. The topological polar surface area (TPSA) is 42.4 Å². The molecule has 26 heavy (non-hydrogen) atoms. The van der Waals surface area contributed by atoms with E-state index in [9.17, 15) is 4.79 Å². The molecule has 132 valence electrons. The lowest BCUT2D eigenvalue weighted by molar-refractivity contribution is -0.119. The molecule has 0 spiro atoms. The van der Waals surface area contributed by atoms with Crippen molar-refractivity contribution in [2.45, 2.75) is 25.9 Å². The van der Waals surface area contributed by atoms with Crippen molar-refractivity contribution >= 4 is 17.3 Å². The minimum atomic E-state index is 0.182. The first kappa shape index (κ1) is 16.6. The Bertz CT molecular complexity index is 913. The van der Waals surface area contributed by atoms with Crippen molar-refractivity contribution in [2.24, 2.45) is 0 Å². The maximum absolute atomic E-state index is 10.8. The molecule has 1 saturated heterocycles. The predicted molar refractivity (Wildman–Crippen MR) is 103 cm³/mol. The van der Waals surface area contributed by atoms with E-state index in [-0.39, 0.29) is 6.10 Å². The molecule has 1 aliphatic heterocycles. The highest BCUT2D eigenvalue weighted by Gasteiger charge is 2.19. The lowest BCUT2D eigenvalue weighted by Crippen LogP contribution is -2.37. The van der Waals surface area contributed by atoms with Crippen molar-refractivity contribution < 1.29 is 9.53 Å². The van der Waals surface area contributed by atoms with Gasteiger partial charge in [-0.25, -0.2) is 0 Å². The van der Waals surface area contributed by atoms with Crippen LogP contribution in [0.5, 0.6) is 5.75 Å². The number of carbonyl (C=O) groups is 1. The molecule has 1 aromatic heterocycles. The van der Waals surface area contributed by atoms with Gasteiger partial charge in [0.15, 0.2) is 0 Å². The van der Waals surface area contributed by atoms with Crippen molar-refractivity contribution in [3.8, 4) is 16.9 Å². The molecule has 0 aliphatic carbocycles. The number of piperidine rings is 1. The summed E-state index contributed by atoms with van der Waals surface area (Å²) in [6, 6.07) is 16.6. The van der Waals surface area contributed by atoms with Crippen LogP contribution in [0, 0.1) is 6.92 Å². The van der Waals surface area contributed by atoms with E-state index in [1.807, 2.05) is 30.5 Å². The monoisotopic (exact) mass is 346 g/mol. The van der Waals surface area contributed by atoms with E-state index in [2.05, 4.69) is 36.2 Å². The van der Waals surface area contributed by atoms with Crippen molar-refractivity contribution in [3.05, 3.63) is 60.3 Å². The summed E-state index contributed by atoms with van der Waals surface area (Å²) in [5, 5.41) is 1.19. The summed E-state index contributed by atoms with van der Waals surface area (Å²) in [6.45, 7) is 3.66. The third-order valence-electron chi connectivity index (χ3n) is 5.06. The van der Waals surface area contributed by atoms with E-state index in [0.717, 1.165) is 54.7 Å². The second-order valence-electron chi connectivity index (χ2n) is 6.85. The number of benzene rings is 2. The Kier molecular flexibility index (Phi) is 4.57. The maximum Gasteiger partial charge on any atom is 0.209 e. The van der Waals surface area contributed by atoms with Crippen LogP contribution in [-0.2, 0) is 4.79 Å². The number of rotatable bonds is 4. The predicted octanol–water partition coefficient (Wildman–Crippen LogP) is 4.21. The first-order valence-electron chi connectivity index (χ1n) is 9.05. The molecule has 3 aromatic rings. The molecule has 4 nitrogen and oxygen atoms in total. The van der Waals surface area contributed by atoms with Crippen LogP contribution in [0.3, 0.4) is 0 Å². The lowest BCUT2D eigenvalue weighted by Gasteiger charge is -2.29. The van der Waals surface area contributed by atoms with Crippen LogP contribution in [0.2, 0.25) is 0 Å². The minimum Gasteiger partial charge on any atom is -0.490 e. The van der Waals surface area contributed by atoms with Crippen LogP contribution < -0.4 is 4.74 Å². The fourth-order valence-corrected chi connectivity index (χ4v) is 3.47. The van der Waals surface area contributed by atoms with Gasteiger partial charge in [-0.05, 0) is 42.3 Å². The molecule has 0 unspecified atom stereocenters. The summed E-state index contributed by atoms with van der Waals surface area (Å²) < 4.78 is 6.07. The highest BCUT2D eigenvalue weighted by molar-refractivity contribution is 5.86. The van der Waals surface area contributed by atoms with Gasteiger partial charge in [-0.3, -0.25) is 9.78 Å². The van der Waals surface area contributed by atoms with Gasteiger partial charge in [0, 0.05) is 43.1 Å². The number of amides is 1. The van der Waals surface area contributed by atoms with E-state index in [0.29, 0.717) is 0 Å². The molecule has 0 atom stereocenters. The summed E-state index contributed by atoms with van der Waals surface area (Å²) in [7, 11) is 0. The second kappa shape index (κ2) is 7.16. The van der Waals surface area contributed by atoms with Gasteiger partial charge in [-0.1, -0.05) is 24.3 Å². The van der Waals surface area contributed by atoms with Crippen LogP contribution in [0.1, 0.15) is 18.4 Å². The molecule has 0 N–H and O–H groups in total. The summed E-state index contributed by atoms with van der Waals surface area (Å²) in [5.41, 5.74) is 4.50. The van der Waals surface area contributed by atoms with Gasteiger partial charge < -0.3 is 9.64 Å². The number of hydrogen-bond donors (Lipinski definition) is 0. The summed E-state index contributed by atoms with van der Waals surface area (Å²) >= 11 is 0. The van der Waals surface area contributed by atoms with E-state index in [1.165, 1.54) is 10.9 Å². The largest absolute Gasteiger partial charge is 0.490 e. The number of ether oxygens (including phenoxy) is 1. The molecular weight excluding hydrogens is 324 g/mol. The summed E-state index contributed by atoms with van der Waals surface area (Å²) in [4.78, 5) is 17.2. The highest BCUT2D eigenvalue weighted by Crippen LogP contribution is 2.27. The third-order valence-corrected chi connectivity index (χ3v) is 5.06. The number of aromatic nitrogens is 1. The van der Waals surface area contributed by atoms with Crippen LogP contribution in [0.25, 0.3) is 22.0 Å². The molecule has 0 bridgehead atoms. The Morgan fingerprint density at radius 3 is 2.58 bits per heavy atom. The molecular formula is C22H22N2O2. The van der Waals surface area contributed by atoms with Crippen LogP contribution >= 0.6 is 0 Å². The second-order valence-corrected chi connectivity index (χ2v) is 6.85. The average molecular weight is 346 g/mol. The Hall–Kier alpha value is -2.88. The van der Waals surface area contributed by atoms with E-state index in [1.54, 1.807) is 4.90 Å². The summed E-state index contributed by atoms with van der Waals surface area (Å²) in [5.74, 6) is 0.878. The fraction of sp³-hybridized carbons (Fsp3) is 0.273. The van der Waals surface area contributed by atoms with Gasteiger partial charge in [0.25, 0.3) is 0 Å². The van der Waals surface area contributed by atoms with E-state index < -0.39 is 0 Å². The highest BCUT2D eigenvalue weighted by atomic mass is 16.5. The normalized spacial score (nSPS) is 15.2. The van der Waals surface area contributed by atoms with Crippen LogP contribution in [-0.4, -0.2) is 35.5 Å². The number of aryl methyl sites for hydroxylation is 1. The molecule has 1 amide bonds. The first-order valence-corrected chi connectivity index (χ1v) is 9.05. The molecule has 4 rings (SSSR count). The van der Waals surface area contributed by atoms with Crippen LogP contribution in [0.4, 0.5) is 0 Å². The van der Waals surface area contributed by atoms with Gasteiger partial charge >= 0.3 is 0 Å².